The first-order valence-electron chi connectivity index (χ1n) is 7.19. The van der Waals surface area contributed by atoms with Crippen molar-refractivity contribution in [1.82, 2.24) is 0 Å². The Morgan fingerprint density at radius 1 is 1.21 bits per heavy atom. The number of esters is 1. The number of rotatable bonds is 4. The number of carbonyl (C=O) groups is 1. The molecule has 0 aliphatic heterocycles. The first kappa shape index (κ1) is 14.4. The SMILES string of the molecule is CCCC1CCC(C(=O)Oc2ccc(S)cc2)CC1. The van der Waals surface area contributed by atoms with Gasteiger partial charge < -0.3 is 4.74 Å². The lowest BCUT2D eigenvalue weighted by Crippen LogP contribution is -2.25. The highest BCUT2D eigenvalue weighted by molar-refractivity contribution is 7.80. The molecule has 0 heterocycles. The first-order valence-corrected chi connectivity index (χ1v) is 7.64. The summed E-state index contributed by atoms with van der Waals surface area (Å²) >= 11 is 4.21. The number of hydrogen-bond acceptors (Lipinski definition) is 3. The second kappa shape index (κ2) is 6.99. The highest BCUT2D eigenvalue weighted by Crippen LogP contribution is 2.32. The molecule has 2 nitrogen and oxygen atoms in total. The van der Waals surface area contributed by atoms with Crippen LogP contribution in [-0.2, 0) is 4.79 Å². The Hall–Kier alpha value is -0.960. The Bertz CT molecular complexity index is 405. The fourth-order valence-corrected chi connectivity index (χ4v) is 2.96. The van der Waals surface area contributed by atoms with Crippen LogP contribution in [0.5, 0.6) is 5.75 Å². The minimum atomic E-state index is -0.0677. The van der Waals surface area contributed by atoms with Gasteiger partial charge in [-0.3, -0.25) is 4.79 Å². The lowest BCUT2D eigenvalue weighted by molar-refractivity contribution is -0.140. The van der Waals surface area contributed by atoms with Gasteiger partial charge in [-0.1, -0.05) is 19.8 Å². The van der Waals surface area contributed by atoms with Gasteiger partial charge in [0.05, 0.1) is 5.92 Å². The van der Waals surface area contributed by atoms with E-state index in [4.69, 9.17) is 4.74 Å². The summed E-state index contributed by atoms with van der Waals surface area (Å²) < 4.78 is 5.43. The molecule has 0 radical (unpaired) electrons. The zero-order chi connectivity index (χ0) is 13.7. The van der Waals surface area contributed by atoms with E-state index in [2.05, 4.69) is 19.6 Å². The molecule has 0 N–H and O–H groups in total. The van der Waals surface area contributed by atoms with Gasteiger partial charge in [-0.05, 0) is 55.9 Å². The Morgan fingerprint density at radius 2 is 1.84 bits per heavy atom. The van der Waals surface area contributed by atoms with E-state index in [0.717, 1.165) is 23.7 Å². The second-order valence-corrected chi connectivity index (χ2v) is 5.94. The Labute approximate surface area is 121 Å². The second-order valence-electron chi connectivity index (χ2n) is 5.42. The van der Waals surface area contributed by atoms with Crippen molar-refractivity contribution in [3.05, 3.63) is 24.3 Å². The van der Waals surface area contributed by atoms with Crippen molar-refractivity contribution in [2.24, 2.45) is 11.8 Å². The molecule has 3 heteroatoms. The molecule has 0 spiro atoms. The zero-order valence-corrected chi connectivity index (χ0v) is 12.4. The molecule has 0 atom stereocenters. The summed E-state index contributed by atoms with van der Waals surface area (Å²) in [5, 5.41) is 0. The molecule has 1 saturated carbocycles. The lowest BCUT2D eigenvalue weighted by Gasteiger charge is -2.26. The third-order valence-corrected chi connectivity index (χ3v) is 4.23. The van der Waals surface area contributed by atoms with E-state index in [1.807, 2.05) is 12.1 Å². The number of carbonyl (C=O) groups excluding carboxylic acids is 1. The van der Waals surface area contributed by atoms with Gasteiger partial charge in [0.25, 0.3) is 0 Å². The van der Waals surface area contributed by atoms with Crippen molar-refractivity contribution < 1.29 is 9.53 Å². The van der Waals surface area contributed by atoms with Crippen molar-refractivity contribution in [2.75, 3.05) is 0 Å². The highest BCUT2D eigenvalue weighted by atomic mass is 32.1. The third kappa shape index (κ3) is 4.27. The molecule has 1 aliphatic rings. The maximum absolute atomic E-state index is 12.1. The monoisotopic (exact) mass is 278 g/mol. The van der Waals surface area contributed by atoms with Crippen LogP contribution >= 0.6 is 12.6 Å². The van der Waals surface area contributed by atoms with E-state index >= 15 is 0 Å². The number of thiol groups is 1. The van der Waals surface area contributed by atoms with Gasteiger partial charge in [-0.25, -0.2) is 0 Å². The van der Waals surface area contributed by atoms with Crippen LogP contribution < -0.4 is 4.74 Å². The van der Waals surface area contributed by atoms with Crippen LogP contribution in [-0.4, -0.2) is 5.97 Å². The molecule has 2 rings (SSSR count). The van der Waals surface area contributed by atoms with Crippen LogP contribution in [0.2, 0.25) is 0 Å². The summed E-state index contributed by atoms with van der Waals surface area (Å²) in [5.74, 6) is 1.46. The summed E-state index contributed by atoms with van der Waals surface area (Å²) in [4.78, 5) is 13.0. The average Bonchev–Trinajstić information content (AvgIpc) is 2.42. The van der Waals surface area contributed by atoms with E-state index in [-0.39, 0.29) is 11.9 Å². The van der Waals surface area contributed by atoms with E-state index in [9.17, 15) is 4.79 Å². The van der Waals surface area contributed by atoms with Crippen LogP contribution in [0.3, 0.4) is 0 Å². The highest BCUT2D eigenvalue weighted by Gasteiger charge is 2.27. The summed E-state index contributed by atoms with van der Waals surface area (Å²) in [6, 6.07) is 7.26. The van der Waals surface area contributed by atoms with Crippen LogP contribution in [0, 0.1) is 11.8 Å². The molecular formula is C16H22O2S. The van der Waals surface area contributed by atoms with Gasteiger partial charge in [-0.2, -0.15) is 0 Å². The average molecular weight is 278 g/mol. The predicted molar refractivity (Wildman–Crippen MR) is 79.7 cm³/mol. The quantitative estimate of drug-likeness (QED) is 0.499. The molecule has 104 valence electrons. The third-order valence-electron chi connectivity index (χ3n) is 3.93. The van der Waals surface area contributed by atoms with Crippen molar-refractivity contribution in [1.29, 1.82) is 0 Å². The standard InChI is InChI=1S/C16H22O2S/c1-2-3-12-4-6-13(7-5-12)16(17)18-14-8-10-15(19)11-9-14/h8-13,19H,2-7H2,1H3. The minimum Gasteiger partial charge on any atom is -0.426 e. The largest absolute Gasteiger partial charge is 0.426 e. The maximum atomic E-state index is 12.1. The molecule has 1 aromatic rings. The van der Waals surface area contributed by atoms with Crippen LogP contribution in [0.25, 0.3) is 0 Å². The molecule has 0 saturated heterocycles. The van der Waals surface area contributed by atoms with Crippen molar-refractivity contribution in [2.45, 2.75) is 50.3 Å². The molecule has 1 aromatic carbocycles. The predicted octanol–water partition coefficient (Wildman–Crippen LogP) is 4.49. The Balaban J connectivity index is 1.83. The van der Waals surface area contributed by atoms with Gasteiger partial charge in [0.2, 0.25) is 0 Å². The molecule has 1 fully saturated rings. The van der Waals surface area contributed by atoms with Crippen molar-refractivity contribution in [3.8, 4) is 5.75 Å². The van der Waals surface area contributed by atoms with E-state index < -0.39 is 0 Å². The number of benzene rings is 1. The molecule has 0 unspecified atom stereocenters. The van der Waals surface area contributed by atoms with Crippen LogP contribution in [0.1, 0.15) is 45.4 Å². The van der Waals surface area contributed by atoms with Crippen LogP contribution in [0.4, 0.5) is 0 Å². The molecular weight excluding hydrogens is 256 g/mol. The van der Waals surface area contributed by atoms with Gasteiger partial charge in [-0.15, -0.1) is 12.6 Å². The number of hydrogen-bond donors (Lipinski definition) is 1. The maximum Gasteiger partial charge on any atom is 0.314 e. The topological polar surface area (TPSA) is 26.3 Å². The summed E-state index contributed by atoms with van der Waals surface area (Å²) in [5.41, 5.74) is 0. The van der Waals surface area contributed by atoms with Crippen molar-refractivity contribution >= 4 is 18.6 Å². The molecule has 0 amide bonds. The van der Waals surface area contributed by atoms with Gasteiger partial charge in [0.15, 0.2) is 0 Å². The zero-order valence-electron chi connectivity index (χ0n) is 11.5. The smallest absolute Gasteiger partial charge is 0.314 e. The normalized spacial score (nSPS) is 23.1. The fourth-order valence-electron chi connectivity index (χ4n) is 2.81. The Kier molecular flexibility index (Phi) is 5.32. The van der Waals surface area contributed by atoms with E-state index in [1.165, 1.54) is 25.7 Å². The first-order chi connectivity index (χ1) is 9.19. The number of ether oxygens (including phenoxy) is 1. The minimum absolute atomic E-state index is 0.0677. The van der Waals surface area contributed by atoms with Crippen molar-refractivity contribution in [3.63, 3.8) is 0 Å². The lowest BCUT2D eigenvalue weighted by atomic mass is 9.80. The molecule has 0 aromatic heterocycles. The van der Waals surface area contributed by atoms with E-state index in [1.54, 1.807) is 12.1 Å². The summed E-state index contributed by atoms with van der Waals surface area (Å²) in [6.07, 6.45) is 6.84. The molecule has 19 heavy (non-hydrogen) atoms. The fraction of sp³-hybridized carbons (Fsp3) is 0.562. The van der Waals surface area contributed by atoms with Crippen LogP contribution in [0.15, 0.2) is 29.2 Å². The van der Waals surface area contributed by atoms with Gasteiger partial charge in [0, 0.05) is 4.90 Å². The summed E-state index contributed by atoms with van der Waals surface area (Å²) in [6.45, 7) is 2.23. The Morgan fingerprint density at radius 3 is 2.42 bits per heavy atom. The molecule has 1 aliphatic carbocycles. The molecule has 0 bridgehead atoms. The van der Waals surface area contributed by atoms with Gasteiger partial charge >= 0.3 is 5.97 Å². The van der Waals surface area contributed by atoms with Gasteiger partial charge in [0.1, 0.15) is 5.75 Å². The van der Waals surface area contributed by atoms with E-state index in [0.29, 0.717) is 5.75 Å². The summed E-state index contributed by atoms with van der Waals surface area (Å²) in [7, 11) is 0.